The van der Waals surface area contributed by atoms with Crippen molar-refractivity contribution in [3.05, 3.63) is 35.9 Å². The van der Waals surface area contributed by atoms with E-state index < -0.39 is 12.1 Å². The van der Waals surface area contributed by atoms with Crippen molar-refractivity contribution in [2.45, 2.75) is 6.04 Å². The molecular weight excluding hydrogens is 232 g/mol. The van der Waals surface area contributed by atoms with Crippen molar-refractivity contribution in [2.24, 2.45) is 0 Å². The Morgan fingerprint density at radius 2 is 2.06 bits per heavy atom. The average Bonchev–Trinajstić information content (AvgIpc) is 2.42. The number of rotatable bonds is 4. The zero-order valence-electron chi connectivity index (χ0n) is 9.97. The van der Waals surface area contributed by atoms with Crippen LogP contribution in [0.25, 0.3) is 0 Å². The molecule has 0 bridgehead atoms. The number of carbonyl (C=O) groups is 2. The van der Waals surface area contributed by atoms with Gasteiger partial charge in [-0.3, -0.25) is 4.79 Å². The smallest absolute Gasteiger partial charge is 0.409 e. The molecule has 1 unspecified atom stereocenters. The maximum atomic E-state index is 11.7. The summed E-state index contributed by atoms with van der Waals surface area (Å²) in [6, 6.07) is 8.05. The Kier molecular flexibility index (Phi) is 5.26. The van der Waals surface area contributed by atoms with E-state index in [9.17, 15) is 9.59 Å². The Hall–Kier alpha value is -2.48. The molecule has 0 aliphatic carbocycles. The number of alkyl carbamates (subject to hydrolysis) is 1. The summed E-state index contributed by atoms with van der Waals surface area (Å²) in [6.45, 7) is -0.138. The molecule has 0 radical (unpaired) electrons. The predicted molar refractivity (Wildman–Crippen MR) is 66.6 cm³/mol. The van der Waals surface area contributed by atoms with E-state index in [1.165, 1.54) is 7.05 Å². The van der Waals surface area contributed by atoms with Crippen LogP contribution in [0.5, 0.6) is 0 Å². The van der Waals surface area contributed by atoms with E-state index in [0.29, 0.717) is 5.56 Å². The Labute approximate surface area is 106 Å². The lowest BCUT2D eigenvalue weighted by molar-refractivity contribution is -0.122. The van der Waals surface area contributed by atoms with Crippen LogP contribution in [0.1, 0.15) is 11.6 Å². The molecule has 0 saturated heterocycles. The molecule has 1 rings (SSSR count). The average molecular weight is 246 g/mol. The van der Waals surface area contributed by atoms with E-state index >= 15 is 0 Å². The summed E-state index contributed by atoms with van der Waals surface area (Å²) < 4.78 is 4.67. The van der Waals surface area contributed by atoms with Crippen LogP contribution in [0.4, 0.5) is 4.79 Å². The third kappa shape index (κ3) is 3.83. The number of terminal acetylenes is 1. The summed E-state index contributed by atoms with van der Waals surface area (Å²) in [7, 11) is 1.49. The summed E-state index contributed by atoms with van der Waals surface area (Å²) in [5.41, 5.74) is 0.662. The van der Waals surface area contributed by atoms with Crippen LogP contribution >= 0.6 is 0 Å². The molecular formula is C13H14N2O3. The van der Waals surface area contributed by atoms with Gasteiger partial charge in [-0.25, -0.2) is 4.79 Å². The number of hydrogen-bond acceptors (Lipinski definition) is 3. The maximum absolute atomic E-state index is 11.7. The first-order valence-corrected chi connectivity index (χ1v) is 5.32. The molecule has 0 aliphatic heterocycles. The fraction of sp³-hybridized carbons (Fsp3) is 0.231. The van der Waals surface area contributed by atoms with Gasteiger partial charge in [0.15, 0.2) is 6.61 Å². The molecule has 1 aromatic rings. The van der Waals surface area contributed by atoms with E-state index in [1.807, 2.05) is 6.07 Å². The molecule has 5 nitrogen and oxygen atoms in total. The minimum atomic E-state index is -0.804. The number of benzene rings is 1. The first-order chi connectivity index (χ1) is 8.69. The summed E-state index contributed by atoms with van der Waals surface area (Å²) >= 11 is 0. The van der Waals surface area contributed by atoms with Gasteiger partial charge in [0.1, 0.15) is 6.04 Å². The van der Waals surface area contributed by atoms with E-state index in [4.69, 9.17) is 6.42 Å². The molecule has 0 spiro atoms. The van der Waals surface area contributed by atoms with Gasteiger partial charge < -0.3 is 15.4 Å². The molecule has 18 heavy (non-hydrogen) atoms. The lowest BCUT2D eigenvalue weighted by Crippen LogP contribution is -2.39. The largest absolute Gasteiger partial charge is 0.436 e. The van der Waals surface area contributed by atoms with Gasteiger partial charge in [0.05, 0.1) is 0 Å². The Morgan fingerprint density at radius 1 is 1.39 bits per heavy atom. The van der Waals surface area contributed by atoms with Gasteiger partial charge in [-0.1, -0.05) is 36.3 Å². The zero-order valence-corrected chi connectivity index (χ0v) is 9.97. The number of carbonyl (C=O) groups excluding carboxylic acids is 2. The summed E-state index contributed by atoms with van der Waals surface area (Å²) in [6.07, 6.45) is 4.24. The maximum Gasteiger partial charge on any atom is 0.409 e. The monoisotopic (exact) mass is 246 g/mol. The van der Waals surface area contributed by atoms with Crippen molar-refractivity contribution in [3.63, 3.8) is 0 Å². The van der Waals surface area contributed by atoms with Crippen molar-refractivity contribution in [1.29, 1.82) is 0 Å². The summed E-state index contributed by atoms with van der Waals surface area (Å²) in [5.74, 6) is 1.84. The third-order valence-corrected chi connectivity index (χ3v) is 2.19. The van der Waals surface area contributed by atoms with Crippen LogP contribution in [0.15, 0.2) is 30.3 Å². The first-order valence-electron chi connectivity index (χ1n) is 5.32. The van der Waals surface area contributed by atoms with Crippen molar-refractivity contribution >= 4 is 12.0 Å². The highest BCUT2D eigenvalue weighted by molar-refractivity contribution is 5.86. The van der Waals surface area contributed by atoms with E-state index in [0.717, 1.165) is 0 Å². The lowest BCUT2D eigenvalue weighted by Gasteiger charge is -2.16. The summed E-state index contributed by atoms with van der Waals surface area (Å²) in [5, 5.41) is 4.93. The highest BCUT2D eigenvalue weighted by atomic mass is 16.5. The second kappa shape index (κ2) is 6.97. The van der Waals surface area contributed by atoms with Crippen LogP contribution in [0.2, 0.25) is 0 Å². The van der Waals surface area contributed by atoms with Crippen molar-refractivity contribution in [1.82, 2.24) is 10.6 Å². The van der Waals surface area contributed by atoms with E-state index in [-0.39, 0.29) is 12.5 Å². The van der Waals surface area contributed by atoms with Gasteiger partial charge in [-0.05, 0) is 5.56 Å². The van der Waals surface area contributed by atoms with E-state index in [1.54, 1.807) is 24.3 Å². The molecule has 1 aromatic carbocycles. The Bertz CT molecular complexity index is 451. The van der Waals surface area contributed by atoms with Crippen molar-refractivity contribution in [3.8, 4) is 12.3 Å². The number of amides is 2. The molecule has 0 heterocycles. The van der Waals surface area contributed by atoms with Gasteiger partial charge >= 0.3 is 6.09 Å². The lowest BCUT2D eigenvalue weighted by atomic mass is 10.1. The van der Waals surface area contributed by atoms with Crippen LogP contribution in [-0.2, 0) is 9.53 Å². The number of ether oxygens (including phenoxy) is 1. The molecule has 0 fully saturated rings. The SMILES string of the molecule is C#CCOC(=O)NC(C(=O)NC)c1ccccc1. The first kappa shape index (κ1) is 13.6. The molecule has 0 saturated carbocycles. The van der Waals surface area contributed by atoms with Crippen molar-refractivity contribution < 1.29 is 14.3 Å². The molecule has 5 heteroatoms. The normalized spacial score (nSPS) is 10.9. The Morgan fingerprint density at radius 3 is 2.61 bits per heavy atom. The Balaban J connectivity index is 2.78. The molecule has 1 atom stereocenters. The molecule has 94 valence electrons. The minimum absolute atomic E-state index is 0.138. The second-order valence-electron chi connectivity index (χ2n) is 3.38. The molecule has 0 aliphatic rings. The van der Waals surface area contributed by atoms with Gasteiger partial charge in [-0.2, -0.15) is 0 Å². The second-order valence-corrected chi connectivity index (χ2v) is 3.38. The molecule has 0 aromatic heterocycles. The van der Waals surface area contributed by atoms with Gasteiger partial charge in [0.25, 0.3) is 0 Å². The fourth-order valence-corrected chi connectivity index (χ4v) is 1.36. The van der Waals surface area contributed by atoms with E-state index in [2.05, 4.69) is 21.3 Å². The third-order valence-electron chi connectivity index (χ3n) is 2.19. The summed E-state index contributed by atoms with van der Waals surface area (Å²) in [4.78, 5) is 23.1. The standard InChI is InChI=1S/C13H14N2O3/c1-3-9-18-13(17)15-11(12(16)14-2)10-7-5-4-6-8-10/h1,4-8,11H,9H2,2H3,(H,14,16)(H,15,17). The van der Waals surface area contributed by atoms with Crippen LogP contribution in [0, 0.1) is 12.3 Å². The molecule has 2 amide bonds. The molecule has 2 N–H and O–H groups in total. The number of hydrogen-bond donors (Lipinski definition) is 2. The fourth-order valence-electron chi connectivity index (χ4n) is 1.36. The van der Waals surface area contributed by atoms with Gasteiger partial charge in [0, 0.05) is 7.05 Å². The minimum Gasteiger partial charge on any atom is -0.436 e. The van der Waals surface area contributed by atoms with Crippen LogP contribution in [-0.4, -0.2) is 25.7 Å². The predicted octanol–water partition coefficient (Wildman–Crippen LogP) is 0.833. The van der Waals surface area contributed by atoms with Gasteiger partial charge in [-0.15, -0.1) is 6.42 Å². The highest BCUT2D eigenvalue weighted by Gasteiger charge is 2.21. The van der Waals surface area contributed by atoms with Gasteiger partial charge in [0.2, 0.25) is 5.91 Å². The van der Waals surface area contributed by atoms with Crippen LogP contribution in [0.3, 0.4) is 0 Å². The number of likely N-dealkylation sites (N-methyl/N-ethyl adjacent to an activating group) is 1. The quantitative estimate of drug-likeness (QED) is 0.773. The number of nitrogens with one attached hydrogen (secondary N) is 2. The highest BCUT2D eigenvalue weighted by Crippen LogP contribution is 2.12. The van der Waals surface area contributed by atoms with Crippen molar-refractivity contribution in [2.75, 3.05) is 13.7 Å². The zero-order chi connectivity index (χ0) is 13.4. The topological polar surface area (TPSA) is 67.4 Å². The van der Waals surface area contributed by atoms with Crippen LogP contribution < -0.4 is 10.6 Å².